The standard InChI is InChI=1S/C31H53N5O4Si2/c1-31(2,3)40-30(37)35-25-11-10-12-26(35)20-24(19-25)27-21-29(36-28(33-27)13-14-32-36)34(22-38-15-17-41(4,5)6)23-39-16-18-42(7,8)9/h13-14,19,21,25-26H,10-12,15-18,20,22-23H2,1-9H3. The van der Waals surface area contributed by atoms with E-state index in [1.807, 2.05) is 36.3 Å². The highest BCUT2D eigenvalue weighted by Crippen LogP contribution is 2.38. The van der Waals surface area contributed by atoms with Gasteiger partial charge in [-0.3, -0.25) is 4.90 Å². The first-order chi connectivity index (χ1) is 19.6. The number of hydrogen-bond donors (Lipinski definition) is 0. The summed E-state index contributed by atoms with van der Waals surface area (Å²) in [5.41, 5.74) is 2.37. The van der Waals surface area contributed by atoms with Crippen molar-refractivity contribution in [3.05, 3.63) is 30.1 Å². The van der Waals surface area contributed by atoms with E-state index in [9.17, 15) is 4.79 Å². The molecule has 2 bridgehead atoms. The van der Waals surface area contributed by atoms with Gasteiger partial charge >= 0.3 is 6.09 Å². The number of carbonyl (C=O) groups excluding carboxylic acids is 1. The third-order valence-electron chi connectivity index (χ3n) is 7.72. The molecule has 11 heteroatoms. The van der Waals surface area contributed by atoms with Crippen LogP contribution in [0.5, 0.6) is 0 Å². The second kappa shape index (κ2) is 13.2. The molecule has 1 fully saturated rings. The van der Waals surface area contributed by atoms with Crippen molar-refractivity contribution in [2.75, 3.05) is 31.6 Å². The third kappa shape index (κ3) is 9.14. The first-order valence-corrected chi connectivity index (χ1v) is 23.0. The molecule has 4 heterocycles. The van der Waals surface area contributed by atoms with Crippen LogP contribution >= 0.6 is 0 Å². The summed E-state index contributed by atoms with van der Waals surface area (Å²) in [6, 6.07) is 6.41. The minimum Gasteiger partial charge on any atom is -0.444 e. The Morgan fingerprint density at radius 1 is 1.02 bits per heavy atom. The lowest BCUT2D eigenvalue weighted by Crippen LogP contribution is -2.53. The van der Waals surface area contributed by atoms with E-state index >= 15 is 0 Å². The fraction of sp³-hybridized carbons (Fsp3) is 0.710. The lowest BCUT2D eigenvalue weighted by atomic mass is 9.84. The van der Waals surface area contributed by atoms with E-state index in [0.717, 1.165) is 68.1 Å². The Balaban J connectivity index is 1.61. The van der Waals surface area contributed by atoms with E-state index in [2.05, 4.69) is 61.4 Å². The van der Waals surface area contributed by atoms with Crippen LogP contribution < -0.4 is 4.90 Å². The molecule has 4 rings (SSSR count). The van der Waals surface area contributed by atoms with E-state index in [4.69, 9.17) is 19.2 Å². The number of aromatic nitrogens is 3. The lowest BCUT2D eigenvalue weighted by Gasteiger charge is -2.45. The number of fused-ring (bicyclic) bond motifs is 3. The van der Waals surface area contributed by atoms with Crippen LogP contribution in [0, 0.1) is 0 Å². The Bertz CT molecular complexity index is 1220. The second-order valence-corrected chi connectivity index (χ2v) is 26.5. The summed E-state index contributed by atoms with van der Waals surface area (Å²) < 4.78 is 20.1. The van der Waals surface area contributed by atoms with Crippen molar-refractivity contribution in [1.29, 1.82) is 0 Å². The molecule has 0 spiro atoms. The maximum Gasteiger partial charge on any atom is 0.411 e. The van der Waals surface area contributed by atoms with Gasteiger partial charge in [0.25, 0.3) is 0 Å². The molecule has 0 radical (unpaired) electrons. The molecule has 2 aromatic heterocycles. The number of anilines is 1. The van der Waals surface area contributed by atoms with Crippen molar-refractivity contribution in [3.63, 3.8) is 0 Å². The molecule has 2 aromatic rings. The van der Waals surface area contributed by atoms with E-state index < -0.39 is 21.7 Å². The van der Waals surface area contributed by atoms with E-state index in [1.54, 1.807) is 6.20 Å². The zero-order valence-corrected chi connectivity index (χ0v) is 29.4. The molecule has 9 nitrogen and oxygen atoms in total. The van der Waals surface area contributed by atoms with Gasteiger partial charge in [-0.25, -0.2) is 9.78 Å². The summed E-state index contributed by atoms with van der Waals surface area (Å²) in [5.74, 6) is 0.904. The predicted molar refractivity (Wildman–Crippen MR) is 176 cm³/mol. The number of carbonyl (C=O) groups is 1. The van der Waals surface area contributed by atoms with Crippen molar-refractivity contribution in [2.45, 2.75) is 116 Å². The smallest absolute Gasteiger partial charge is 0.411 e. The number of hydrogen-bond acceptors (Lipinski definition) is 7. The fourth-order valence-electron chi connectivity index (χ4n) is 5.38. The summed E-state index contributed by atoms with van der Waals surface area (Å²) in [5, 5.41) is 4.61. The third-order valence-corrected chi connectivity index (χ3v) is 11.1. The van der Waals surface area contributed by atoms with Crippen LogP contribution in [0.25, 0.3) is 11.2 Å². The Labute approximate surface area is 254 Å². The van der Waals surface area contributed by atoms with Gasteiger partial charge in [0.1, 0.15) is 24.9 Å². The molecule has 42 heavy (non-hydrogen) atoms. The molecular formula is C31H53N5O4Si2. The second-order valence-electron chi connectivity index (χ2n) is 15.3. The number of piperidine rings is 1. The molecule has 0 aliphatic carbocycles. The molecule has 2 aliphatic rings. The van der Waals surface area contributed by atoms with Gasteiger partial charge in [0.15, 0.2) is 5.65 Å². The molecule has 1 amide bonds. The lowest BCUT2D eigenvalue weighted by molar-refractivity contribution is 0.0000575. The number of rotatable bonds is 12. The molecular weight excluding hydrogens is 563 g/mol. The van der Waals surface area contributed by atoms with Crippen molar-refractivity contribution >= 4 is 39.3 Å². The SMILES string of the molecule is CC(C)(C)OC(=O)N1C2C=C(c3cc(N(COCC[Si](C)(C)C)COCC[Si](C)(C)C)n4nccc4n3)CC1CCC2. The zero-order chi connectivity index (χ0) is 30.7. The van der Waals surface area contributed by atoms with Crippen LogP contribution in [0.4, 0.5) is 10.6 Å². The zero-order valence-electron chi connectivity index (χ0n) is 27.4. The molecule has 234 valence electrons. The molecule has 0 N–H and O–H groups in total. The highest BCUT2D eigenvalue weighted by Gasteiger charge is 2.39. The van der Waals surface area contributed by atoms with Crippen LogP contribution in [0.1, 0.15) is 52.1 Å². The van der Waals surface area contributed by atoms with Gasteiger partial charge in [-0.15, -0.1) is 0 Å². The van der Waals surface area contributed by atoms with Crippen molar-refractivity contribution in [1.82, 2.24) is 19.5 Å². The Morgan fingerprint density at radius 2 is 1.67 bits per heavy atom. The van der Waals surface area contributed by atoms with Gasteiger partial charge in [0, 0.05) is 47.5 Å². The molecule has 0 aromatic carbocycles. The molecule has 2 atom stereocenters. The first-order valence-electron chi connectivity index (χ1n) is 15.6. The van der Waals surface area contributed by atoms with Gasteiger partial charge in [0.2, 0.25) is 0 Å². The Morgan fingerprint density at radius 3 is 2.24 bits per heavy atom. The average Bonchev–Trinajstić information content (AvgIpc) is 3.33. The number of amides is 1. The van der Waals surface area contributed by atoms with Crippen LogP contribution in [-0.2, 0) is 14.2 Å². The predicted octanol–water partition coefficient (Wildman–Crippen LogP) is 7.11. The largest absolute Gasteiger partial charge is 0.444 e. The van der Waals surface area contributed by atoms with Gasteiger partial charge in [-0.05, 0) is 64.1 Å². The number of nitrogens with zero attached hydrogens (tertiary/aromatic N) is 5. The van der Waals surface area contributed by atoms with Crippen LogP contribution in [0.3, 0.4) is 0 Å². The number of ether oxygens (including phenoxy) is 3. The molecule has 1 saturated heterocycles. The minimum atomic E-state index is -1.21. The fourth-order valence-corrected chi connectivity index (χ4v) is 6.89. The van der Waals surface area contributed by atoms with Gasteiger partial charge in [0.05, 0.1) is 17.9 Å². The van der Waals surface area contributed by atoms with Crippen molar-refractivity contribution < 1.29 is 19.0 Å². The van der Waals surface area contributed by atoms with Crippen LogP contribution in [0.15, 0.2) is 24.4 Å². The monoisotopic (exact) mass is 615 g/mol. The van der Waals surface area contributed by atoms with E-state index in [-0.39, 0.29) is 18.2 Å². The van der Waals surface area contributed by atoms with Gasteiger partial charge < -0.3 is 19.1 Å². The van der Waals surface area contributed by atoms with Crippen LogP contribution in [0.2, 0.25) is 51.4 Å². The van der Waals surface area contributed by atoms with E-state index in [0.29, 0.717) is 13.5 Å². The Kier molecular flexibility index (Phi) is 10.3. The van der Waals surface area contributed by atoms with Crippen molar-refractivity contribution in [3.8, 4) is 0 Å². The summed E-state index contributed by atoms with van der Waals surface area (Å²) >= 11 is 0. The summed E-state index contributed by atoms with van der Waals surface area (Å²) in [4.78, 5) is 22.3. The summed E-state index contributed by atoms with van der Waals surface area (Å²) in [6.45, 7) is 22.3. The highest BCUT2D eigenvalue weighted by atomic mass is 28.3. The maximum absolute atomic E-state index is 13.1. The molecule has 2 aliphatic heterocycles. The molecule has 0 saturated carbocycles. The normalized spacial score (nSPS) is 19.6. The van der Waals surface area contributed by atoms with Gasteiger partial charge in [-0.2, -0.15) is 9.61 Å². The Hall–Kier alpha value is -2.22. The van der Waals surface area contributed by atoms with Crippen LogP contribution in [-0.4, -0.2) is 86.1 Å². The minimum absolute atomic E-state index is 0.0136. The first kappa shape index (κ1) is 32.7. The van der Waals surface area contributed by atoms with Gasteiger partial charge in [-0.1, -0.05) is 45.4 Å². The maximum atomic E-state index is 13.1. The topological polar surface area (TPSA) is 81.4 Å². The van der Waals surface area contributed by atoms with E-state index in [1.165, 1.54) is 5.57 Å². The molecule has 2 unspecified atom stereocenters. The van der Waals surface area contributed by atoms with Crippen molar-refractivity contribution in [2.24, 2.45) is 0 Å². The summed E-state index contributed by atoms with van der Waals surface area (Å²) in [7, 11) is -2.41. The highest BCUT2D eigenvalue weighted by molar-refractivity contribution is 6.76. The quantitative estimate of drug-likeness (QED) is 0.143. The average molecular weight is 616 g/mol. The summed E-state index contributed by atoms with van der Waals surface area (Å²) in [6.07, 6.45) is 7.57.